The average molecular weight is 302 g/mol. The molecule has 1 aromatic rings. The second kappa shape index (κ2) is 4.78. The van der Waals surface area contributed by atoms with Crippen molar-refractivity contribution in [3.05, 3.63) is 23.9 Å². The SMILES string of the molecule is O=C(O)N1C[C@@H]2[C@@H](COc3cccc(C(F)(F)F)n3)[C@@H]2C1. The number of likely N-dealkylation sites (tertiary alicyclic amines) is 1. The molecule has 0 aromatic carbocycles. The maximum atomic E-state index is 12.5. The van der Waals surface area contributed by atoms with Crippen LogP contribution in [0.1, 0.15) is 5.69 Å². The molecule has 0 unspecified atom stereocenters. The Kier molecular flexibility index (Phi) is 3.18. The second-order valence-electron chi connectivity index (χ2n) is 5.35. The Morgan fingerprint density at radius 2 is 2.05 bits per heavy atom. The van der Waals surface area contributed by atoms with Crippen molar-refractivity contribution in [3.63, 3.8) is 0 Å². The summed E-state index contributed by atoms with van der Waals surface area (Å²) in [5.41, 5.74) is -0.979. The minimum Gasteiger partial charge on any atom is -0.477 e. The lowest BCUT2D eigenvalue weighted by atomic mass is 10.3. The molecule has 2 heterocycles. The minimum atomic E-state index is -4.49. The Hall–Kier alpha value is -1.99. The van der Waals surface area contributed by atoms with Crippen LogP contribution in [-0.4, -0.2) is 40.8 Å². The largest absolute Gasteiger partial charge is 0.477 e. The molecule has 1 N–H and O–H groups in total. The van der Waals surface area contributed by atoms with Crippen molar-refractivity contribution in [2.75, 3.05) is 19.7 Å². The lowest BCUT2D eigenvalue weighted by Crippen LogP contribution is -2.30. The first-order chi connectivity index (χ1) is 9.86. The molecule has 0 bridgehead atoms. The van der Waals surface area contributed by atoms with Gasteiger partial charge < -0.3 is 14.7 Å². The van der Waals surface area contributed by atoms with E-state index in [2.05, 4.69) is 4.98 Å². The van der Waals surface area contributed by atoms with Gasteiger partial charge in [0.05, 0.1) is 6.61 Å². The highest BCUT2D eigenvalue weighted by atomic mass is 19.4. The van der Waals surface area contributed by atoms with Crippen LogP contribution in [0.3, 0.4) is 0 Å². The number of hydrogen-bond donors (Lipinski definition) is 1. The summed E-state index contributed by atoms with van der Waals surface area (Å²) in [6, 6.07) is 3.53. The molecular formula is C13H13F3N2O3. The second-order valence-corrected chi connectivity index (χ2v) is 5.35. The summed E-state index contributed by atoms with van der Waals surface area (Å²) < 4.78 is 42.8. The van der Waals surface area contributed by atoms with Crippen molar-refractivity contribution in [1.82, 2.24) is 9.88 Å². The van der Waals surface area contributed by atoms with Crippen molar-refractivity contribution in [3.8, 4) is 5.88 Å². The predicted molar refractivity (Wildman–Crippen MR) is 64.8 cm³/mol. The normalized spacial score (nSPS) is 27.4. The van der Waals surface area contributed by atoms with E-state index in [-0.39, 0.29) is 30.2 Å². The number of carbonyl (C=O) groups is 1. The van der Waals surface area contributed by atoms with Gasteiger partial charge in [-0.15, -0.1) is 0 Å². The summed E-state index contributed by atoms with van der Waals surface area (Å²) in [5.74, 6) is 0.667. The Bertz CT molecular complexity index is 552. The summed E-state index contributed by atoms with van der Waals surface area (Å²) in [5, 5.41) is 8.83. The van der Waals surface area contributed by atoms with Crippen molar-refractivity contribution >= 4 is 6.09 Å². The number of aromatic nitrogens is 1. The van der Waals surface area contributed by atoms with Gasteiger partial charge in [0.1, 0.15) is 5.69 Å². The van der Waals surface area contributed by atoms with Gasteiger partial charge in [0.25, 0.3) is 0 Å². The first kappa shape index (κ1) is 14.0. The van der Waals surface area contributed by atoms with Gasteiger partial charge in [-0.25, -0.2) is 9.78 Å². The van der Waals surface area contributed by atoms with Crippen LogP contribution in [-0.2, 0) is 6.18 Å². The highest BCUT2D eigenvalue weighted by Gasteiger charge is 2.57. The fraction of sp³-hybridized carbons (Fsp3) is 0.538. The van der Waals surface area contributed by atoms with Crippen LogP contribution in [0.4, 0.5) is 18.0 Å². The molecule has 0 radical (unpaired) electrons. The van der Waals surface area contributed by atoms with Crippen molar-refractivity contribution in [2.45, 2.75) is 6.18 Å². The number of rotatable bonds is 3. The monoisotopic (exact) mass is 302 g/mol. The zero-order valence-electron chi connectivity index (χ0n) is 10.9. The van der Waals surface area contributed by atoms with E-state index in [0.29, 0.717) is 13.1 Å². The van der Waals surface area contributed by atoms with E-state index >= 15 is 0 Å². The van der Waals surface area contributed by atoms with Crippen LogP contribution in [0, 0.1) is 17.8 Å². The van der Waals surface area contributed by atoms with E-state index in [0.717, 1.165) is 6.07 Å². The highest BCUT2D eigenvalue weighted by molar-refractivity contribution is 5.65. The molecule has 8 heteroatoms. The summed E-state index contributed by atoms with van der Waals surface area (Å²) in [4.78, 5) is 15.5. The van der Waals surface area contributed by atoms with Gasteiger partial charge in [-0.1, -0.05) is 6.07 Å². The lowest BCUT2D eigenvalue weighted by molar-refractivity contribution is -0.141. The molecule has 3 rings (SSSR count). The summed E-state index contributed by atoms with van der Waals surface area (Å²) in [7, 11) is 0. The number of halogens is 3. The average Bonchev–Trinajstić information content (AvgIpc) is 2.86. The Balaban J connectivity index is 1.53. The lowest BCUT2D eigenvalue weighted by Gasteiger charge is -2.16. The molecule has 1 saturated carbocycles. The molecule has 21 heavy (non-hydrogen) atoms. The number of pyridine rings is 1. The van der Waals surface area contributed by atoms with Crippen molar-refractivity contribution in [2.24, 2.45) is 17.8 Å². The van der Waals surface area contributed by atoms with Crippen LogP contribution in [0.15, 0.2) is 18.2 Å². The number of amides is 1. The molecule has 1 saturated heterocycles. The third-order valence-electron chi connectivity index (χ3n) is 4.08. The number of alkyl halides is 3. The van der Waals surface area contributed by atoms with Gasteiger partial charge in [-0.3, -0.25) is 0 Å². The van der Waals surface area contributed by atoms with Gasteiger partial charge in [-0.05, 0) is 17.9 Å². The third-order valence-corrected chi connectivity index (χ3v) is 4.08. The first-order valence-electron chi connectivity index (χ1n) is 6.51. The van der Waals surface area contributed by atoms with Crippen molar-refractivity contribution in [1.29, 1.82) is 0 Å². The van der Waals surface area contributed by atoms with E-state index in [4.69, 9.17) is 9.84 Å². The third kappa shape index (κ3) is 2.74. The topological polar surface area (TPSA) is 62.7 Å². The van der Waals surface area contributed by atoms with E-state index in [9.17, 15) is 18.0 Å². The maximum absolute atomic E-state index is 12.5. The predicted octanol–water partition coefficient (Wildman–Crippen LogP) is 2.34. The fourth-order valence-corrected chi connectivity index (χ4v) is 2.89. The van der Waals surface area contributed by atoms with Crippen LogP contribution >= 0.6 is 0 Å². The van der Waals surface area contributed by atoms with E-state index < -0.39 is 18.0 Å². The number of nitrogens with zero attached hydrogens (tertiary/aromatic N) is 2. The number of ether oxygens (including phenoxy) is 1. The Labute approximate surface area is 118 Å². The number of piperidine rings is 1. The molecule has 0 spiro atoms. The zero-order chi connectivity index (χ0) is 15.2. The molecule has 114 valence electrons. The molecule has 1 aromatic heterocycles. The molecule has 1 amide bonds. The Morgan fingerprint density at radius 3 is 2.62 bits per heavy atom. The molecule has 2 aliphatic rings. The van der Waals surface area contributed by atoms with Crippen molar-refractivity contribution < 1.29 is 27.8 Å². The van der Waals surface area contributed by atoms with E-state index in [1.54, 1.807) is 0 Å². The van der Waals surface area contributed by atoms with Crippen LogP contribution < -0.4 is 4.74 Å². The quantitative estimate of drug-likeness (QED) is 0.931. The van der Waals surface area contributed by atoms with Crippen LogP contribution in [0.2, 0.25) is 0 Å². The van der Waals surface area contributed by atoms with Crippen LogP contribution in [0.25, 0.3) is 0 Å². The van der Waals surface area contributed by atoms with Crippen LogP contribution in [0.5, 0.6) is 5.88 Å². The zero-order valence-corrected chi connectivity index (χ0v) is 10.9. The highest BCUT2D eigenvalue weighted by Crippen LogP contribution is 2.51. The maximum Gasteiger partial charge on any atom is 0.433 e. The summed E-state index contributed by atoms with van der Waals surface area (Å²) in [6.07, 6.45) is -5.42. The number of fused-ring (bicyclic) bond motifs is 1. The van der Waals surface area contributed by atoms with Gasteiger partial charge >= 0.3 is 12.3 Å². The summed E-state index contributed by atoms with van der Waals surface area (Å²) >= 11 is 0. The van der Waals surface area contributed by atoms with E-state index in [1.807, 2.05) is 0 Å². The van der Waals surface area contributed by atoms with Gasteiger partial charge in [0.2, 0.25) is 5.88 Å². The van der Waals surface area contributed by atoms with Gasteiger partial charge in [-0.2, -0.15) is 13.2 Å². The number of carboxylic acid groups (broad SMARTS) is 1. The standard InChI is InChI=1S/C13H13F3N2O3/c14-13(15,16)10-2-1-3-11(17-10)21-6-9-7-4-18(12(19)20)5-8(7)9/h1-3,7-9H,4-6H2,(H,19,20)/t7-,8+,9+. The molecular weight excluding hydrogens is 289 g/mol. The summed E-state index contributed by atoms with van der Waals surface area (Å²) in [6.45, 7) is 1.23. The fourth-order valence-electron chi connectivity index (χ4n) is 2.89. The molecule has 1 aliphatic carbocycles. The molecule has 1 aliphatic heterocycles. The molecule has 3 atom stereocenters. The number of hydrogen-bond acceptors (Lipinski definition) is 3. The minimum absolute atomic E-state index is 0.0510. The van der Waals surface area contributed by atoms with Gasteiger partial charge in [0.15, 0.2) is 0 Å². The van der Waals surface area contributed by atoms with Gasteiger partial charge in [0, 0.05) is 25.1 Å². The molecule has 2 fully saturated rings. The molecule has 5 nitrogen and oxygen atoms in total. The smallest absolute Gasteiger partial charge is 0.433 e. The first-order valence-corrected chi connectivity index (χ1v) is 6.51. The Morgan fingerprint density at radius 1 is 1.38 bits per heavy atom. The van der Waals surface area contributed by atoms with E-state index in [1.165, 1.54) is 17.0 Å².